The molecule has 100 valence electrons. The minimum Gasteiger partial charge on any atom is -0.379 e. The normalized spacial score (nSPS) is 10.2. The van der Waals surface area contributed by atoms with Gasteiger partial charge in [0, 0.05) is 28.9 Å². The maximum Gasteiger partial charge on any atom is 0.224 e. The monoisotopic (exact) mass is 275 g/mol. The van der Waals surface area contributed by atoms with E-state index in [0.29, 0.717) is 6.42 Å². The molecule has 0 aliphatic rings. The Bertz CT molecular complexity index is 548. The summed E-state index contributed by atoms with van der Waals surface area (Å²) in [5.41, 5.74) is 2.89. The second kappa shape index (κ2) is 6.33. The first-order chi connectivity index (χ1) is 9.17. The molecule has 0 atom stereocenters. The number of carbonyl (C=O) groups is 1. The predicted octanol–water partition coefficient (Wildman–Crippen LogP) is 3.41. The number of amides is 1. The second-order valence-corrected chi connectivity index (χ2v) is 5.16. The van der Waals surface area contributed by atoms with Gasteiger partial charge in [-0.3, -0.25) is 4.79 Å². The first-order valence-electron chi connectivity index (χ1n) is 6.22. The summed E-state index contributed by atoms with van der Waals surface area (Å²) >= 11 is 1.65. The van der Waals surface area contributed by atoms with Crippen molar-refractivity contribution in [2.24, 2.45) is 0 Å². The fraction of sp³-hybridized carbons (Fsp3) is 0.286. The van der Waals surface area contributed by atoms with Crippen molar-refractivity contribution in [2.45, 2.75) is 26.8 Å². The van der Waals surface area contributed by atoms with Crippen molar-refractivity contribution in [3.8, 4) is 0 Å². The average Bonchev–Trinajstić information content (AvgIpc) is 2.83. The third-order valence-corrected chi connectivity index (χ3v) is 3.57. The van der Waals surface area contributed by atoms with Crippen LogP contribution in [-0.4, -0.2) is 10.9 Å². The summed E-state index contributed by atoms with van der Waals surface area (Å²) in [6, 6.07) is 7.68. The van der Waals surface area contributed by atoms with E-state index in [-0.39, 0.29) is 5.91 Å². The van der Waals surface area contributed by atoms with Gasteiger partial charge in [0.25, 0.3) is 0 Å². The topological polar surface area (TPSA) is 54.0 Å². The van der Waals surface area contributed by atoms with E-state index < -0.39 is 0 Å². The van der Waals surface area contributed by atoms with Crippen molar-refractivity contribution in [3.63, 3.8) is 0 Å². The molecule has 1 aromatic heterocycles. The second-order valence-electron chi connectivity index (χ2n) is 4.22. The van der Waals surface area contributed by atoms with Crippen molar-refractivity contribution in [1.82, 2.24) is 4.98 Å². The van der Waals surface area contributed by atoms with Crippen molar-refractivity contribution in [2.75, 3.05) is 10.6 Å². The van der Waals surface area contributed by atoms with Gasteiger partial charge in [-0.2, -0.15) is 0 Å². The zero-order valence-electron chi connectivity index (χ0n) is 11.1. The molecule has 0 aliphatic heterocycles. The Balaban J connectivity index is 1.89. The predicted molar refractivity (Wildman–Crippen MR) is 79.5 cm³/mol. The van der Waals surface area contributed by atoms with Crippen LogP contribution in [0.4, 0.5) is 11.4 Å². The van der Waals surface area contributed by atoms with Crippen LogP contribution in [0, 0.1) is 6.92 Å². The third-order valence-electron chi connectivity index (χ3n) is 2.60. The summed E-state index contributed by atoms with van der Waals surface area (Å²) in [7, 11) is 0. The first kappa shape index (κ1) is 13.5. The maximum atomic E-state index is 11.2. The minimum absolute atomic E-state index is 0.0268. The van der Waals surface area contributed by atoms with E-state index in [1.807, 2.05) is 43.5 Å². The lowest BCUT2D eigenvalue weighted by molar-refractivity contribution is -0.115. The van der Waals surface area contributed by atoms with Crippen LogP contribution in [0.3, 0.4) is 0 Å². The Morgan fingerprint density at radius 3 is 2.53 bits per heavy atom. The number of anilines is 2. The zero-order valence-corrected chi connectivity index (χ0v) is 11.9. The van der Waals surface area contributed by atoms with Crippen LogP contribution in [0.2, 0.25) is 0 Å². The molecule has 0 saturated carbocycles. The molecule has 2 N–H and O–H groups in total. The molecule has 0 spiro atoms. The molecule has 4 nitrogen and oxygen atoms in total. The van der Waals surface area contributed by atoms with E-state index in [2.05, 4.69) is 15.6 Å². The van der Waals surface area contributed by atoms with Gasteiger partial charge < -0.3 is 10.6 Å². The Morgan fingerprint density at radius 2 is 1.95 bits per heavy atom. The highest BCUT2D eigenvalue weighted by molar-refractivity contribution is 7.09. The lowest BCUT2D eigenvalue weighted by Gasteiger charge is -2.07. The Kier molecular flexibility index (Phi) is 4.52. The highest BCUT2D eigenvalue weighted by Crippen LogP contribution is 2.16. The number of carbonyl (C=O) groups excluding carboxylic acids is 1. The first-order valence-corrected chi connectivity index (χ1v) is 7.10. The summed E-state index contributed by atoms with van der Waals surface area (Å²) in [4.78, 5) is 15.6. The third kappa shape index (κ3) is 4.06. The Labute approximate surface area is 116 Å². The number of aryl methyl sites for hydroxylation is 1. The molecule has 1 heterocycles. The smallest absolute Gasteiger partial charge is 0.224 e. The standard InChI is InChI=1S/C14H17N3OS/c1-3-13(18)17-12-6-4-11(5-7-12)15-8-14-16-10(2)9-19-14/h4-7,9,15H,3,8H2,1-2H3,(H,17,18). The number of thiazole rings is 1. The summed E-state index contributed by atoms with van der Waals surface area (Å²) in [5, 5.41) is 9.24. The summed E-state index contributed by atoms with van der Waals surface area (Å²) in [6.45, 7) is 4.55. The largest absolute Gasteiger partial charge is 0.379 e. The molecule has 0 saturated heterocycles. The fourth-order valence-corrected chi connectivity index (χ4v) is 2.29. The number of nitrogens with one attached hydrogen (secondary N) is 2. The van der Waals surface area contributed by atoms with E-state index in [0.717, 1.165) is 28.6 Å². The molecule has 0 bridgehead atoms. The van der Waals surface area contributed by atoms with Crippen LogP contribution in [0.25, 0.3) is 0 Å². The van der Waals surface area contributed by atoms with Crippen LogP contribution in [0.15, 0.2) is 29.6 Å². The number of rotatable bonds is 5. The van der Waals surface area contributed by atoms with Crippen molar-refractivity contribution >= 4 is 28.6 Å². The number of benzene rings is 1. The van der Waals surface area contributed by atoms with Crippen LogP contribution >= 0.6 is 11.3 Å². The molecule has 0 aliphatic carbocycles. The molecule has 0 fully saturated rings. The molecular formula is C14H17N3OS. The summed E-state index contributed by atoms with van der Waals surface area (Å²) in [6.07, 6.45) is 0.489. The SMILES string of the molecule is CCC(=O)Nc1ccc(NCc2nc(C)cs2)cc1. The minimum atomic E-state index is 0.0268. The van der Waals surface area contributed by atoms with Crippen LogP contribution in [0.1, 0.15) is 24.0 Å². The number of hydrogen-bond donors (Lipinski definition) is 2. The van der Waals surface area contributed by atoms with E-state index >= 15 is 0 Å². The molecule has 0 radical (unpaired) electrons. The highest BCUT2D eigenvalue weighted by Gasteiger charge is 2.00. The molecule has 5 heteroatoms. The molecule has 1 aromatic carbocycles. The van der Waals surface area contributed by atoms with Crippen LogP contribution < -0.4 is 10.6 Å². The van der Waals surface area contributed by atoms with Gasteiger partial charge in [-0.1, -0.05) is 6.92 Å². The average molecular weight is 275 g/mol. The van der Waals surface area contributed by atoms with Gasteiger partial charge in [0.1, 0.15) is 5.01 Å². The van der Waals surface area contributed by atoms with Crippen LogP contribution in [-0.2, 0) is 11.3 Å². The van der Waals surface area contributed by atoms with Crippen molar-refractivity contribution < 1.29 is 4.79 Å². The molecule has 0 unspecified atom stereocenters. The number of nitrogens with zero attached hydrogens (tertiary/aromatic N) is 1. The van der Waals surface area contributed by atoms with Crippen molar-refractivity contribution in [1.29, 1.82) is 0 Å². The quantitative estimate of drug-likeness (QED) is 0.879. The number of hydrogen-bond acceptors (Lipinski definition) is 4. The van der Waals surface area contributed by atoms with E-state index in [9.17, 15) is 4.79 Å². The molecular weight excluding hydrogens is 258 g/mol. The van der Waals surface area contributed by atoms with E-state index in [1.54, 1.807) is 11.3 Å². The molecule has 1 amide bonds. The van der Waals surface area contributed by atoms with Crippen LogP contribution in [0.5, 0.6) is 0 Å². The van der Waals surface area contributed by atoms with Gasteiger partial charge in [-0.15, -0.1) is 11.3 Å². The lowest BCUT2D eigenvalue weighted by atomic mass is 10.2. The maximum absolute atomic E-state index is 11.2. The van der Waals surface area contributed by atoms with Crippen molar-refractivity contribution in [3.05, 3.63) is 40.3 Å². The molecule has 19 heavy (non-hydrogen) atoms. The van der Waals surface area contributed by atoms with Gasteiger partial charge in [0.05, 0.1) is 6.54 Å². The van der Waals surface area contributed by atoms with Gasteiger partial charge >= 0.3 is 0 Å². The molecule has 2 rings (SSSR count). The van der Waals surface area contributed by atoms with Gasteiger partial charge in [-0.05, 0) is 31.2 Å². The summed E-state index contributed by atoms with van der Waals surface area (Å²) < 4.78 is 0. The summed E-state index contributed by atoms with van der Waals surface area (Å²) in [5.74, 6) is 0.0268. The Morgan fingerprint density at radius 1 is 1.26 bits per heavy atom. The Hall–Kier alpha value is -1.88. The van der Waals surface area contributed by atoms with Gasteiger partial charge in [0.2, 0.25) is 5.91 Å². The molecule has 2 aromatic rings. The zero-order chi connectivity index (χ0) is 13.7. The fourth-order valence-electron chi connectivity index (χ4n) is 1.58. The van der Waals surface area contributed by atoms with Gasteiger partial charge in [-0.25, -0.2) is 4.98 Å². The van der Waals surface area contributed by atoms with E-state index in [4.69, 9.17) is 0 Å². The van der Waals surface area contributed by atoms with Gasteiger partial charge in [0.15, 0.2) is 0 Å². The lowest BCUT2D eigenvalue weighted by Crippen LogP contribution is -2.09. The highest BCUT2D eigenvalue weighted by atomic mass is 32.1. The van der Waals surface area contributed by atoms with E-state index in [1.165, 1.54) is 0 Å². The number of aromatic nitrogens is 1.